The first kappa shape index (κ1) is 21.0. The third-order valence-corrected chi connectivity index (χ3v) is 6.29. The van der Waals surface area contributed by atoms with Crippen molar-refractivity contribution in [2.45, 2.75) is 77.7 Å². The van der Waals surface area contributed by atoms with E-state index < -0.39 is 0 Å². The normalized spacial score (nSPS) is 19.7. The van der Waals surface area contributed by atoms with E-state index in [0.717, 1.165) is 11.5 Å². The van der Waals surface area contributed by atoms with Gasteiger partial charge in [0.1, 0.15) is 5.82 Å². The molecule has 2 aromatic rings. The van der Waals surface area contributed by atoms with Crippen LogP contribution in [0.4, 0.5) is 4.39 Å². The van der Waals surface area contributed by atoms with Crippen LogP contribution >= 0.6 is 0 Å². The molecule has 3 rings (SSSR count). The Morgan fingerprint density at radius 1 is 0.964 bits per heavy atom. The van der Waals surface area contributed by atoms with Gasteiger partial charge in [0.05, 0.1) is 6.61 Å². The fraction of sp³-hybridized carbons (Fsp3) is 0.538. The van der Waals surface area contributed by atoms with Crippen molar-refractivity contribution < 1.29 is 9.13 Å². The summed E-state index contributed by atoms with van der Waals surface area (Å²) in [6.45, 7) is 5.15. The molecule has 0 radical (unpaired) electrons. The Balaban J connectivity index is 1.71. The number of halogens is 1. The minimum absolute atomic E-state index is 0.166. The summed E-state index contributed by atoms with van der Waals surface area (Å²) in [6.07, 6.45) is 10.7. The van der Waals surface area contributed by atoms with Gasteiger partial charge in [-0.15, -0.1) is 0 Å². The fourth-order valence-corrected chi connectivity index (χ4v) is 4.60. The monoisotopic (exact) mass is 382 g/mol. The van der Waals surface area contributed by atoms with Gasteiger partial charge in [0.25, 0.3) is 0 Å². The molecule has 2 aromatic carbocycles. The highest BCUT2D eigenvalue weighted by Gasteiger charge is 2.24. The molecule has 1 fully saturated rings. The molecule has 0 spiro atoms. The molecule has 0 N–H and O–H groups in total. The molecule has 0 amide bonds. The van der Waals surface area contributed by atoms with Crippen LogP contribution in [0.25, 0.3) is 11.1 Å². The lowest BCUT2D eigenvalue weighted by molar-refractivity contribution is 0.131. The quantitative estimate of drug-likeness (QED) is 0.401. The molecule has 0 unspecified atom stereocenters. The average molecular weight is 383 g/mol. The van der Waals surface area contributed by atoms with Crippen molar-refractivity contribution in [3.05, 3.63) is 59.4 Å². The molecule has 152 valence electrons. The lowest BCUT2D eigenvalue weighted by Crippen LogP contribution is -2.14. The second kappa shape index (κ2) is 10.8. The summed E-state index contributed by atoms with van der Waals surface area (Å²) in [5.41, 5.74) is 4.21. The summed E-state index contributed by atoms with van der Waals surface area (Å²) < 4.78 is 19.9. The highest BCUT2D eigenvalue weighted by molar-refractivity contribution is 5.68. The molecular formula is C26H35FO. The van der Waals surface area contributed by atoms with E-state index in [0.29, 0.717) is 24.7 Å². The summed E-state index contributed by atoms with van der Waals surface area (Å²) in [5.74, 6) is 1.34. The van der Waals surface area contributed by atoms with Crippen LogP contribution in [0.5, 0.6) is 0 Å². The predicted molar refractivity (Wildman–Crippen MR) is 116 cm³/mol. The molecule has 1 saturated carbocycles. The van der Waals surface area contributed by atoms with E-state index in [1.807, 2.05) is 19.1 Å². The topological polar surface area (TPSA) is 9.23 Å². The van der Waals surface area contributed by atoms with E-state index in [2.05, 4.69) is 31.2 Å². The Kier molecular flexibility index (Phi) is 8.09. The van der Waals surface area contributed by atoms with E-state index in [4.69, 9.17) is 4.74 Å². The smallest absolute Gasteiger partial charge is 0.129 e. The molecule has 1 aliphatic rings. The van der Waals surface area contributed by atoms with Gasteiger partial charge < -0.3 is 4.74 Å². The van der Waals surface area contributed by atoms with Gasteiger partial charge in [0.2, 0.25) is 0 Å². The summed E-state index contributed by atoms with van der Waals surface area (Å²) in [7, 11) is 0. The Hall–Kier alpha value is -1.67. The molecule has 2 heteroatoms. The molecular weight excluding hydrogens is 347 g/mol. The minimum atomic E-state index is -0.166. The third-order valence-electron chi connectivity index (χ3n) is 6.29. The summed E-state index contributed by atoms with van der Waals surface area (Å²) in [4.78, 5) is 0. The molecule has 28 heavy (non-hydrogen) atoms. The first-order chi connectivity index (χ1) is 13.7. The fourth-order valence-electron chi connectivity index (χ4n) is 4.60. The zero-order valence-corrected chi connectivity index (χ0v) is 17.6. The van der Waals surface area contributed by atoms with Gasteiger partial charge >= 0.3 is 0 Å². The third kappa shape index (κ3) is 5.44. The average Bonchev–Trinajstić information content (AvgIpc) is 2.73. The van der Waals surface area contributed by atoms with Gasteiger partial charge in [0, 0.05) is 12.2 Å². The number of benzene rings is 2. The lowest BCUT2D eigenvalue weighted by Gasteiger charge is -2.30. The lowest BCUT2D eigenvalue weighted by atomic mass is 9.75. The van der Waals surface area contributed by atoms with E-state index in [1.165, 1.54) is 62.5 Å². The van der Waals surface area contributed by atoms with Crippen molar-refractivity contribution in [3.63, 3.8) is 0 Å². The molecule has 1 nitrogen and oxygen atoms in total. The highest BCUT2D eigenvalue weighted by atomic mass is 19.1. The summed E-state index contributed by atoms with van der Waals surface area (Å²) >= 11 is 0. The van der Waals surface area contributed by atoms with Crippen LogP contribution < -0.4 is 0 Å². The second-order valence-corrected chi connectivity index (χ2v) is 8.24. The van der Waals surface area contributed by atoms with Crippen molar-refractivity contribution in [2.24, 2.45) is 5.92 Å². The van der Waals surface area contributed by atoms with E-state index >= 15 is 0 Å². The van der Waals surface area contributed by atoms with E-state index in [1.54, 1.807) is 6.07 Å². The molecule has 1 aliphatic carbocycles. The van der Waals surface area contributed by atoms with Gasteiger partial charge in [-0.25, -0.2) is 4.39 Å². The van der Waals surface area contributed by atoms with Crippen molar-refractivity contribution in [2.75, 3.05) is 6.61 Å². The highest BCUT2D eigenvalue weighted by Crippen LogP contribution is 2.41. The standard InChI is InChI=1S/C26H35FO/c1-3-5-6-9-20-12-14-21(15-13-20)24-10-7-8-11-25(24)22-16-17-23(19-28-4-2)26(27)18-22/h7-8,10-11,16-18,20-21H,3-6,9,12-15,19H2,1-2H3. The van der Waals surface area contributed by atoms with Gasteiger partial charge in [-0.3, -0.25) is 0 Å². The van der Waals surface area contributed by atoms with Gasteiger partial charge in [-0.2, -0.15) is 0 Å². The minimum Gasteiger partial charge on any atom is -0.377 e. The van der Waals surface area contributed by atoms with E-state index in [9.17, 15) is 4.39 Å². The number of hydrogen-bond donors (Lipinski definition) is 0. The number of rotatable bonds is 9. The van der Waals surface area contributed by atoms with Crippen molar-refractivity contribution in [1.82, 2.24) is 0 Å². The predicted octanol–water partition coefficient (Wildman–Crippen LogP) is 7.88. The maximum atomic E-state index is 14.6. The first-order valence-electron chi connectivity index (χ1n) is 11.2. The van der Waals surface area contributed by atoms with Crippen LogP contribution in [0, 0.1) is 11.7 Å². The zero-order chi connectivity index (χ0) is 19.8. The Morgan fingerprint density at radius 2 is 1.75 bits per heavy atom. The molecule has 0 saturated heterocycles. The van der Waals surface area contributed by atoms with Crippen LogP contribution in [0.2, 0.25) is 0 Å². The van der Waals surface area contributed by atoms with Crippen LogP contribution in [-0.4, -0.2) is 6.61 Å². The Morgan fingerprint density at radius 3 is 2.46 bits per heavy atom. The molecule has 0 aromatic heterocycles. The largest absolute Gasteiger partial charge is 0.377 e. The number of hydrogen-bond acceptors (Lipinski definition) is 1. The Labute approximate surface area is 170 Å². The van der Waals surface area contributed by atoms with Crippen molar-refractivity contribution in [3.8, 4) is 11.1 Å². The van der Waals surface area contributed by atoms with Crippen LogP contribution in [0.15, 0.2) is 42.5 Å². The molecule has 0 heterocycles. The van der Waals surface area contributed by atoms with E-state index in [-0.39, 0.29) is 5.82 Å². The maximum Gasteiger partial charge on any atom is 0.129 e. The molecule has 0 atom stereocenters. The molecule has 0 aliphatic heterocycles. The SMILES string of the molecule is CCCCCC1CCC(c2ccccc2-c2ccc(COCC)c(F)c2)CC1. The Bertz CT molecular complexity index is 731. The van der Waals surface area contributed by atoms with Crippen molar-refractivity contribution in [1.29, 1.82) is 0 Å². The van der Waals surface area contributed by atoms with Crippen molar-refractivity contribution >= 4 is 0 Å². The summed E-state index contributed by atoms with van der Waals surface area (Å²) in [6, 6.07) is 14.2. The number of ether oxygens (including phenoxy) is 1. The second-order valence-electron chi connectivity index (χ2n) is 8.24. The van der Waals surface area contributed by atoms with Gasteiger partial charge in [-0.1, -0.05) is 69.0 Å². The first-order valence-corrected chi connectivity index (χ1v) is 11.2. The zero-order valence-electron chi connectivity index (χ0n) is 17.6. The molecule has 0 bridgehead atoms. The van der Waals surface area contributed by atoms with Crippen LogP contribution in [0.3, 0.4) is 0 Å². The van der Waals surface area contributed by atoms with Gasteiger partial charge in [-0.05, 0) is 67.2 Å². The van der Waals surface area contributed by atoms with Gasteiger partial charge in [0.15, 0.2) is 0 Å². The maximum absolute atomic E-state index is 14.6. The summed E-state index contributed by atoms with van der Waals surface area (Å²) in [5, 5.41) is 0. The number of unbranched alkanes of at least 4 members (excludes halogenated alkanes) is 2. The van der Waals surface area contributed by atoms with Crippen LogP contribution in [0.1, 0.15) is 82.3 Å². The van der Waals surface area contributed by atoms with Crippen LogP contribution in [-0.2, 0) is 11.3 Å².